The van der Waals surface area contributed by atoms with Gasteiger partial charge in [0.15, 0.2) is 0 Å². The van der Waals surface area contributed by atoms with Crippen LogP contribution in [0.25, 0.3) is 11.0 Å². The standard InChI is InChI=1S/C15H17N7O3S/c23-13(16-9-3-4-11-12(6-9)18-14(24)17-11)8-26-15-19-20-21-22(15)7-10-2-1-5-25-10/h3-4,6,10H,1-2,5,7-8H2,(H,16,23)(H2,17,18,24). The molecule has 4 rings (SSSR count). The van der Waals surface area contributed by atoms with Crippen LogP contribution in [0.2, 0.25) is 0 Å². The SMILES string of the molecule is O=C(CSc1nnnn1CC1CCCO1)Nc1ccc2[nH]c(=O)[nH]c2c1. The number of carbonyl (C=O) groups excluding carboxylic acids is 1. The van der Waals surface area contributed by atoms with Crippen molar-refractivity contribution in [1.82, 2.24) is 30.2 Å². The number of tetrazole rings is 1. The van der Waals surface area contributed by atoms with E-state index in [0.29, 0.717) is 28.4 Å². The molecule has 3 N–H and O–H groups in total. The Hall–Kier alpha value is -2.66. The van der Waals surface area contributed by atoms with Crippen LogP contribution in [-0.4, -0.2) is 54.5 Å². The van der Waals surface area contributed by atoms with Crippen LogP contribution in [0.5, 0.6) is 0 Å². The molecule has 1 aliphatic rings. The van der Waals surface area contributed by atoms with Gasteiger partial charge in [-0.25, -0.2) is 9.48 Å². The van der Waals surface area contributed by atoms with Gasteiger partial charge >= 0.3 is 5.69 Å². The van der Waals surface area contributed by atoms with Crippen molar-refractivity contribution in [3.8, 4) is 0 Å². The summed E-state index contributed by atoms with van der Waals surface area (Å²) in [5.74, 6) is -0.00738. The van der Waals surface area contributed by atoms with Gasteiger partial charge in [0.2, 0.25) is 11.1 Å². The number of imidazole rings is 1. The van der Waals surface area contributed by atoms with Crippen molar-refractivity contribution < 1.29 is 9.53 Å². The Kier molecular flexibility index (Phi) is 4.71. The molecule has 10 nitrogen and oxygen atoms in total. The van der Waals surface area contributed by atoms with Gasteiger partial charge in [0.25, 0.3) is 0 Å². The molecular formula is C15H17N7O3S. The van der Waals surface area contributed by atoms with Crippen molar-refractivity contribution in [2.24, 2.45) is 0 Å². The summed E-state index contributed by atoms with van der Waals surface area (Å²) in [6.07, 6.45) is 2.17. The average molecular weight is 375 g/mol. The normalized spacial score (nSPS) is 17.0. The van der Waals surface area contributed by atoms with Gasteiger partial charge in [-0.05, 0) is 41.5 Å². The number of aromatic amines is 2. The van der Waals surface area contributed by atoms with Gasteiger partial charge in [-0.3, -0.25) is 4.79 Å². The van der Waals surface area contributed by atoms with Crippen molar-refractivity contribution >= 4 is 34.4 Å². The molecule has 136 valence electrons. The number of fused-ring (bicyclic) bond motifs is 1. The molecule has 0 bridgehead atoms. The van der Waals surface area contributed by atoms with Crippen LogP contribution in [0.15, 0.2) is 28.2 Å². The van der Waals surface area contributed by atoms with Gasteiger partial charge in [-0.2, -0.15) is 0 Å². The summed E-state index contributed by atoms with van der Waals surface area (Å²) in [6.45, 7) is 1.36. The molecule has 0 radical (unpaired) electrons. The molecule has 0 aliphatic carbocycles. The Balaban J connectivity index is 1.34. The third-order valence-corrected chi connectivity index (χ3v) is 4.99. The molecule has 11 heteroatoms. The molecule has 1 aromatic carbocycles. The zero-order chi connectivity index (χ0) is 17.9. The minimum absolute atomic E-state index is 0.127. The van der Waals surface area contributed by atoms with Crippen molar-refractivity contribution in [2.75, 3.05) is 17.7 Å². The first-order valence-electron chi connectivity index (χ1n) is 8.20. The van der Waals surface area contributed by atoms with Crippen LogP contribution in [0, 0.1) is 0 Å². The molecule has 2 aromatic heterocycles. The third-order valence-electron chi connectivity index (χ3n) is 4.03. The van der Waals surface area contributed by atoms with Crippen molar-refractivity contribution in [2.45, 2.75) is 30.6 Å². The molecule has 0 spiro atoms. The van der Waals surface area contributed by atoms with E-state index in [-0.39, 0.29) is 23.5 Å². The van der Waals surface area contributed by atoms with Crippen molar-refractivity contribution in [1.29, 1.82) is 0 Å². The highest BCUT2D eigenvalue weighted by Gasteiger charge is 2.19. The Morgan fingerprint density at radius 3 is 3.12 bits per heavy atom. The lowest BCUT2D eigenvalue weighted by atomic mass is 10.2. The fraction of sp³-hybridized carbons (Fsp3) is 0.400. The first kappa shape index (κ1) is 16.8. The van der Waals surface area contributed by atoms with Gasteiger partial charge in [0, 0.05) is 12.3 Å². The van der Waals surface area contributed by atoms with Crippen LogP contribution >= 0.6 is 11.8 Å². The van der Waals surface area contributed by atoms with Crippen LogP contribution in [0.3, 0.4) is 0 Å². The highest BCUT2D eigenvalue weighted by molar-refractivity contribution is 7.99. The van der Waals surface area contributed by atoms with E-state index in [1.165, 1.54) is 11.8 Å². The summed E-state index contributed by atoms with van der Waals surface area (Å²) in [5, 5.41) is 15.0. The summed E-state index contributed by atoms with van der Waals surface area (Å²) in [7, 11) is 0. The first-order chi connectivity index (χ1) is 12.7. The van der Waals surface area contributed by atoms with Gasteiger partial charge in [-0.1, -0.05) is 11.8 Å². The van der Waals surface area contributed by atoms with Crippen molar-refractivity contribution in [3.63, 3.8) is 0 Å². The van der Waals surface area contributed by atoms with E-state index in [9.17, 15) is 9.59 Å². The predicted octanol–water partition coefficient (Wildman–Crippen LogP) is 0.752. The largest absolute Gasteiger partial charge is 0.376 e. The second-order valence-electron chi connectivity index (χ2n) is 5.95. The summed E-state index contributed by atoms with van der Waals surface area (Å²) >= 11 is 1.27. The molecule has 1 unspecified atom stereocenters. The van der Waals surface area contributed by atoms with Gasteiger partial charge in [0.1, 0.15) is 0 Å². The fourth-order valence-corrected chi connectivity index (χ4v) is 3.52. The van der Waals surface area contributed by atoms with E-state index in [1.54, 1.807) is 22.9 Å². The van der Waals surface area contributed by atoms with Crippen LogP contribution < -0.4 is 11.0 Å². The number of amides is 1. The zero-order valence-corrected chi connectivity index (χ0v) is 14.6. The van der Waals surface area contributed by atoms with E-state index in [0.717, 1.165) is 19.4 Å². The Morgan fingerprint density at radius 1 is 1.38 bits per heavy atom. The number of carbonyl (C=O) groups is 1. The Labute approximate surface area is 151 Å². The lowest BCUT2D eigenvalue weighted by Crippen LogP contribution is -2.18. The first-order valence-corrected chi connectivity index (χ1v) is 9.18. The number of nitrogens with zero attached hydrogens (tertiary/aromatic N) is 4. The number of H-pyrrole nitrogens is 2. The van der Waals surface area contributed by atoms with Gasteiger partial charge in [-0.15, -0.1) is 5.10 Å². The lowest BCUT2D eigenvalue weighted by molar-refractivity contribution is -0.113. The number of anilines is 1. The average Bonchev–Trinajstić information content (AvgIpc) is 3.34. The fourth-order valence-electron chi connectivity index (χ4n) is 2.83. The van der Waals surface area contributed by atoms with Gasteiger partial charge in [0.05, 0.1) is 29.4 Å². The van der Waals surface area contributed by atoms with E-state index in [4.69, 9.17) is 4.74 Å². The predicted molar refractivity (Wildman–Crippen MR) is 95.1 cm³/mol. The molecule has 1 atom stereocenters. The quantitative estimate of drug-likeness (QED) is 0.542. The maximum atomic E-state index is 12.2. The number of ether oxygens (including phenoxy) is 1. The molecule has 1 aliphatic heterocycles. The zero-order valence-electron chi connectivity index (χ0n) is 13.8. The maximum Gasteiger partial charge on any atom is 0.323 e. The highest BCUT2D eigenvalue weighted by Crippen LogP contribution is 2.19. The van der Waals surface area contributed by atoms with Crippen LogP contribution in [-0.2, 0) is 16.1 Å². The van der Waals surface area contributed by atoms with E-state index in [2.05, 4.69) is 30.8 Å². The second kappa shape index (κ2) is 7.30. The number of hydrogen-bond donors (Lipinski definition) is 3. The van der Waals surface area contributed by atoms with Gasteiger partial charge < -0.3 is 20.0 Å². The summed E-state index contributed by atoms with van der Waals surface area (Å²) in [5.41, 5.74) is 1.66. The minimum Gasteiger partial charge on any atom is -0.376 e. The van der Waals surface area contributed by atoms with E-state index >= 15 is 0 Å². The number of hydrogen-bond acceptors (Lipinski definition) is 7. The number of rotatable bonds is 6. The molecule has 1 saturated heterocycles. The van der Waals surface area contributed by atoms with E-state index < -0.39 is 0 Å². The highest BCUT2D eigenvalue weighted by atomic mass is 32.2. The molecule has 1 fully saturated rings. The molecule has 3 heterocycles. The molecule has 3 aromatic rings. The molecule has 1 amide bonds. The number of thioether (sulfide) groups is 1. The minimum atomic E-state index is -0.280. The number of nitrogens with one attached hydrogen (secondary N) is 3. The molecule has 26 heavy (non-hydrogen) atoms. The summed E-state index contributed by atoms with van der Waals surface area (Å²) < 4.78 is 7.26. The van der Waals surface area contributed by atoms with Crippen LogP contribution in [0.4, 0.5) is 5.69 Å². The van der Waals surface area contributed by atoms with Crippen LogP contribution in [0.1, 0.15) is 12.8 Å². The topological polar surface area (TPSA) is 131 Å². The maximum absolute atomic E-state index is 12.2. The number of aromatic nitrogens is 6. The Morgan fingerprint density at radius 2 is 2.27 bits per heavy atom. The lowest BCUT2D eigenvalue weighted by Gasteiger charge is -2.10. The summed E-state index contributed by atoms with van der Waals surface area (Å²) in [4.78, 5) is 28.8. The van der Waals surface area contributed by atoms with E-state index in [1.807, 2.05) is 0 Å². The smallest absolute Gasteiger partial charge is 0.323 e. The third kappa shape index (κ3) is 3.78. The molecule has 0 saturated carbocycles. The Bertz CT molecular complexity index is 973. The second-order valence-corrected chi connectivity index (χ2v) is 6.90. The molecular weight excluding hydrogens is 358 g/mol. The number of benzene rings is 1. The van der Waals surface area contributed by atoms with Crippen molar-refractivity contribution in [3.05, 3.63) is 28.7 Å². The monoisotopic (exact) mass is 375 g/mol. The summed E-state index contributed by atoms with van der Waals surface area (Å²) in [6, 6.07) is 5.17.